The molecule has 3 nitrogen and oxygen atoms in total. The van der Waals surface area contributed by atoms with Crippen molar-refractivity contribution >= 4 is 5.69 Å². The fourth-order valence-corrected chi connectivity index (χ4v) is 2.60. The molecule has 0 N–H and O–H groups in total. The molecule has 2 atom stereocenters. The molecule has 1 aromatic rings. The van der Waals surface area contributed by atoms with Gasteiger partial charge in [-0.2, -0.15) is 0 Å². The minimum Gasteiger partial charge on any atom is -0.258 e. The topological polar surface area (TPSA) is 43.1 Å². The highest BCUT2D eigenvalue weighted by Gasteiger charge is 2.37. The predicted octanol–water partition coefficient (Wildman–Crippen LogP) is 2.74. The van der Waals surface area contributed by atoms with Gasteiger partial charge in [0.15, 0.2) is 0 Å². The second-order valence-electron chi connectivity index (χ2n) is 3.87. The Hall–Kier alpha value is -1.64. The van der Waals surface area contributed by atoms with Gasteiger partial charge >= 0.3 is 0 Å². The fraction of sp³-hybridized carbons (Fsp3) is 0.273. The van der Waals surface area contributed by atoms with E-state index >= 15 is 0 Å². The molecule has 14 heavy (non-hydrogen) atoms. The average molecular weight is 187 g/mol. The zero-order valence-corrected chi connectivity index (χ0v) is 7.51. The van der Waals surface area contributed by atoms with Crippen LogP contribution < -0.4 is 0 Å². The van der Waals surface area contributed by atoms with Crippen LogP contribution in [0.15, 0.2) is 30.4 Å². The van der Waals surface area contributed by atoms with Gasteiger partial charge in [0.1, 0.15) is 0 Å². The maximum absolute atomic E-state index is 10.8. The molecule has 1 aromatic carbocycles. The molecule has 2 aliphatic carbocycles. The molecule has 0 unspecified atom stereocenters. The summed E-state index contributed by atoms with van der Waals surface area (Å²) in [5.41, 5.74) is 2.40. The van der Waals surface area contributed by atoms with E-state index in [9.17, 15) is 10.1 Å². The molecular formula is C11H9NO2. The minimum absolute atomic E-state index is 0.270. The first-order chi connectivity index (χ1) is 6.77. The van der Waals surface area contributed by atoms with Crippen LogP contribution in [0.3, 0.4) is 0 Å². The zero-order valence-electron chi connectivity index (χ0n) is 7.51. The summed E-state index contributed by atoms with van der Waals surface area (Å²) in [5, 5.41) is 10.8. The van der Waals surface area contributed by atoms with Crippen LogP contribution in [0.4, 0.5) is 5.69 Å². The molecule has 2 bridgehead atoms. The zero-order chi connectivity index (χ0) is 9.71. The van der Waals surface area contributed by atoms with Crippen LogP contribution in [0, 0.1) is 10.1 Å². The molecule has 0 heterocycles. The lowest BCUT2D eigenvalue weighted by Crippen LogP contribution is -1.99. The maximum atomic E-state index is 10.8. The van der Waals surface area contributed by atoms with E-state index in [1.165, 1.54) is 0 Å². The van der Waals surface area contributed by atoms with Crippen LogP contribution in [0.2, 0.25) is 0 Å². The lowest BCUT2D eigenvalue weighted by Gasteiger charge is -2.09. The van der Waals surface area contributed by atoms with Crippen molar-refractivity contribution in [3.05, 3.63) is 51.6 Å². The Labute approximate surface area is 81.2 Å². The van der Waals surface area contributed by atoms with Gasteiger partial charge in [-0.15, -0.1) is 0 Å². The van der Waals surface area contributed by atoms with Crippen molar-refractivity contribution in [3.8, 4) is 0 Å². The molecule has 3 heteroatoms. The van der Waals surface area contributed by atoms with Crippen molar-refractivity contribution in [3.63, 3.8) is 0 Å². The lowest BCUT2D eigenvalue weighted by molar-refractivity contribution is -0.385. The first-order valence-electron chi connectivity index (χ1n) is 4.73. The number of hydrogen-bond donors (Lipinski definition) is 0. The Balaban J connectivity index is 2.25. The van der Waals surface area contributed by atoms with Gasteiger partial charge in [0, 0.05) is 23.5 Å². The third kappa shape index (κ3) is 0.816. The lowest BCUT2D eigenvalue weighted by atomic mass is 9.95. The SMILES string of the molecule is O=[N+]([O-])c1cccc2c1[C@@H]1C=C[C@@H]2C1. The number of fused-ring (bicyclic) bond motifs is 5. The molecule has 0 saturated heterocycles. The maximum Gasteiger partial charge on any atom is 0.273 e. The summed E-state index contributed by atoms with van der Waals surface area (Å²) < 4.78 is 0. The molecular weight excluding hydrogens is 178 g/mol. The van der Waals surface area contributed by atoms with E-state index in [2.05, 4.69) is 12.2 Å². The Morgan fingerprint density at radius 1 is 1.29 bits per heavy atom. The molecule has 0 fully saturated rings. The van der Waals surface area contributed by atoms with Gasteiger partial charge < -0.3 is 0 Å². The smallest absolute Gasteiger partial charge is 0.258 e. The molecule has 0 aromatic heterocycles. The second-order valence-corrected chi connectivity index (χ2v) is 3.87. The van der Waals surface area contributed by atoms with Gasteiger partial charge in [-0.3, -0.25) is 10.1 Å². The summed E-state index contributed by atoms with van der Waals surface area (Å²) in [6.07, 6.45) is 5.29. The molecule has 0 amide bonds. The number of nitro benzene ring substituents is 1. The number of allylic oxidation sites excluding steroid dienone is 2. The van der Waals surface area contributed by atoms with Gasteiger partial charge in [0.25, 0.3) is 5.69 Å². The highest BCUT2D eigenvalue weighted by Crippen LogP contribution is 2.51. The van der Waals surface area contributed by atoms with Gasteiger partial charge in [-0.25, -0.2) is 0 Å². The quantitative estimate of drug-likeness (QED) is 0.385. The van der Waals surface area contributed by atoms with E-state index in [0.717, 1.165) is 17.5 Å². The van der Waals surface area contributed by atoms with Crippen molar-refractivity contribution in [2.24, 2.45) is 0 Å². The van der Waals surface area contributed by atoms with Gasteiger partial charge in [-0.1, -0.05) is 24.3 Å². The molecule has 70 valence electrons. The number of nitro groups is 1. The van der Waals surface area contributed by atoms with Gasteiger partial charge in [0.05, 0.1) is 4.92 Å². The Morgan fingerprint density at radius 3 is 2.86 bits per heavy atom. The monoisotopic (exact) mass is 187 g/mol. The van der Waals surface area contributed by atoms with Crippen LogP contribution in [-0.2, 0) is 0 Å². The van der Waals surface area contributed by atoms with Gasteiger partial charge in [0.2, 0.25) is 0 Å². The van der Waals surface area contributed by atoms with Crippen LogP contribution in [0.5, 0.6) is 0 Å². The molecule has 3 rings (SSSR count). The highest BCUT2D eigenvalue weighted by atomic mass is 16.6. The van der Waals surface area contributed by atoms with Crippen molar-refractivity contribution in [2.75, 3.05) is 0 Å². The standard InChI is InChI=1S/C11H9NO2/c13-12(14)10-3-1-2-9-7-4-5-8(6-7)11(9)10/h1-5,7-8H,6H2/t7-,8-/m1/s1. The van der Waals surface area contributed by atoms with Gasteiger partial charge in [-0.05, 0) is 12.0 Å². The largest absolute Gasteiger partial charge is 0.273 e. The van der Waals surface area contributed by atoms with E-state index in [-0.39, 0.29) is 10.8 Å². The summed E-state index contributed by atoms with van der Waals surface area (Å²) >= 11 is 0. The van der Waals surface area contributed by atoms with Crippen molar-refractivity contribution in [1.82, 2.24) is 0 Å². The normalized spacial score (nSPS) is 26.6. The van der Waals surface area contributed by atoms with E-state index < -0.39 is 0 Å². The summed E-state index contributed by atoms with van der Waals surface area (Å²) in [6.45, 7) is 0. The third-order valence-corrected chi connectivity index (χ3v) is 3.17. The van der Waals surface area contributed by atoms with Crippen LogP contribution in [0.25, 0.3) is 0 Å². The third-order valence-electron chi connectivity index (χ3n) is 3.17. The van der Waals surface area contributed by atoms with Crippen molar-refractivity contribution in [1.29, 1.82) is 0 Å². The first-order valence-corrected chi connectivity index (χ1v) is 4.73. The summed E-state index contributed by atoms with van der Waals surface area (Å²) in [6, 6.07) is 5.40. The molecule has 0 radical (unpaired) electrons. The second kappa shape index (κ2) is 2.44. The van der Waals surface area contributed by atoms with E-state index in [0.29, 0.717) is 11.6 Å². The van der Waals surface area contributed by atoms with Crippen molar-refractivity contribution < 1.29 is 4.92 Å². The number of rotatable bonds is 1. The summed E-state index contributed by atoms with van der Waals surface area (Å²) in [7, 11) is 0. The summed E-state index contributed by atoms with van der Waals surface area (Å²) in [5.74, 6) is 0.714. The summed E-state index contributed by atoms with van der Waals surface area (Å²) in [4.78, 5) is 10.5. The van der Waals surface area contributed by atoms with Crippen molar-refractivity contribution in [2.45, 2.75) is 18.3 Å². The van der Waals surface area contributed by atoms with Crippen LogP contribution >= 0.6 is 0 Å². The number of benzene rings is 1. The van der Waals surface area contributed by atoms with E-state index in [1.54, 1.807) is 12.1 Å². The van der Waals surface area contributed by atoms with Crippen LogP contribution in [-0.4, -0.2) is 4.92 Å². The van der Waals surface area contributed by atoms with Crippen LogP contribution in [0.1, 0.15) is 29.4 Å². The fourth-order valence-electron chi connectivity index (χ4n) is 2.60. The number of hydrogen-bond acceptors (Lipinski definition) is 2. The Bertz CT molecular complexity index is 451. The first kappa shape index (κ1) is 7.74. The predicted molar refractivity (Wildman–Crippen MR) is 52.3 cm³/mol. The average Bonchev–Trinajstić information content (AvgIpc) is 2.77. The van der Waals surface area contributed by atoms with E-state index in [4.69, 9.17) is 0 Å². The number of nitrogens with zero attached hydrogens (tertiary/aromatic N) is 1. The van der Waals surface area contributed by atoms with E-state index in [1.807, 2.05) is 6.07 Å². The highest BCUT2D eigenvalue weighted by molar-refractivity contribution is 5.57. The molecule has 2 aliphatic rings. The molecule has 0 spiro atoms. The Morgan fingerprint density at radius 2 is 2.07 bits per heavy atom. The molecule has 0 aliphatic heterocycles. The minimum atomic E-state index is -0.270. The molecule has 0 saturated carbocycles. The Kier molecular flexibility index (Phi) is 1.35.